The number of aromatic nitrogens is 1. The van der Waals surface area contributed by atoms with E-state index < -0.39 is 0 Å². The molecule has 1 spiro atoms. The van der Waals surface area contributed by atoms with Gasteiger partial charge in [0, 0.05) is 38.3 Å². The van der Waals surface area contributed by atoms with Crippen LogP contribution in [-0.2, 0) is 0 Å². The molecule has 0 N–H and O–H groups in total. The predicted molar refractivity (Wildman–Crippen MR) is 137 cm³/mol. The van der Waals surface area contributed by atoms with Crippen molar-refractivity contribution in [2.75, 3.05) is 62.2 Å². The largest absolute Gasteiger partial charge is 0.370 e. The molecule has 5 heterocycles. The van der Waals surface area contributed by atoms with E-state index in [2.05, 4.69) is 37.9 Å². The summed E-state index contributed by atoms with van der Waals surface area (Å²) in [5.74, 6) is 1.20. The summed E-state index contributed by atoms with van der Waals surface area (Å²) in [5, 5.41) is 0. The maximum Gasteiger partial charge on any atom is 0.128 e. The summed E-state index contributed by atoms with van der Waals surface area (Å²) in [6, 6.07) is 6.38. The third-order valence-corrected chi connectivity index (χ3v) is 10.1. The van der Waals surface area contributed by atoms with Gasteiger partial charge in [0.15, 0.2) is 0 Å². The van der Waals surface area contributed by atoms with Gasteiger partial charge in [0.1, 0.15) is 5.82 Å². The molecular weight excluding hydrogens is 406 g/mol. The molecule has 1 saturated carbocycles. The van der Waals surface area contributed by atoms with E-state index in [-0.39, 0.29) is 0 Å². The Labute approximate surface area is 201 Å². The first kappa shape index (κ1) is 22.2. The summed E-state index contributed by atoms with van der Waals surface area (Å²) >= 11 is 0. The molecule has 5 fully saturated rings. The van der Waals surface area contributed by atoms with Gasteiger partial charge in [0.2, 0.25) is 0 Å². The van der Waals surface area contributed by atoms with E-state index in [1.165, 1.54) is 141 Å². The zero-order valence-electron chi connectivity index (χ0n) is 20.8. The van der Waals surface area contributed by atoms with Crippen molar-refractivity contribution in [3.63, 3.8) is 0 Å². The zero-order chi connectivity index (χ0) is 22.1. The highest BCUT2D eigenvalue weighted by molar-refractivity contribution is 5.51. The predicted octanol–water partition coefficient (Wildman–Crippen LogP) is 4.77. The van der Waals surface area contributed by atoms with Gasteiger partial charge in [-0.05, 0) is 108 Å². The van der Waals surface area contributed by atoms with Crippen molar-refractivity contribution in [3.8, 4) is 0 Å². The first-order chi connectivity index (χ1) is 16.3. The molecule has 0 aromatic carbocycles. The number of hydrogen-bond donors (Lipinski definition) is 0. The van der Waals surface area contributed by atoms with Gasteiger partial charge >= 0.3 is 0 Å². The molecule has 0 unspecified atom stereocenters. The fourth-order valence-electron chi connectivity index (χ4n) is 7.35. The van der Waals surface area contributed by atoms with E-state index in [4.69, 9.17) is 4.98 Å². The Kier molecular flexibility index (Phi) is 6.53. The van der Waals surface area contributed by atoms with Crippen LogP contribution in [0.2, 0.25) is 0 Å². The van der Waals surface area contributed by atoms with Crippen LogP contribution in [0.15, 0.2) is 18.3 Å². The summed E-state index contributed by atoms with van der Waals surface area (Å²) in [5.41, 5.74) is 1.95. The lowest BCUT2D eigenvalue weighted by molar-refractivity contribution is 0.0305. The van der Waals surface area contributed by atoms with Gasteiger partial charge in [-0.1, -0.05) is 12.8 Å². The smallest absolute Gasteiger partial charge is 0.128 e. The van der Waals surface area contributed by atoms with Crippen LogP contribution in [0, 0.1) is 5.41 Å². The van der Waals surface area contributed by atoms with E-state index in [0.717, 1.165) is 12.1 Å². The van der Waals surface area contributed by atoms with E-state index in [1.807, 2.05) is 0 Å². The Morgan fingerprint density at radius 1 is 0.606 bits per heavy atom. The highest BCUT2D eigenvalue weighted by atomic mass is 15.2. The standard InChI is InChI=1S/C28H45N5/c1-2-15-30(16-3-1)25-9-17-31(18-10-25)26-7-8-27(29-23-26)33-21-13-28(14-22-33)11-19-32(20-12-28)24-5-4-6-24/h7-8,23-25H,1-6,9-22H2. The Balaban J connectivity index is 0.980. The van der Waals surface area contributed by atoms with Crippen molar-refractivity contribution >= 4 is 11.5 Å². The minimum atomic E-state index is 0.620. The second kappa shape index (κ2) is 9.73. The topological polar surface area (TPSA) is 25.9 Å². The molecular formula is C28H45N5. The molecule has 1 aliphatic carbocycles. The third-order valence-electron chi connectivity index (χ3n) is 10.1. The van der Waals surface area contributed by atoms with Crippen molar-refractivity contribution in [3.05, 3.63) is 18.3 Å². The Morgan fingerprint density at radius 2 is 1.24 bits per heavy atom. The molecule has 0 amide bonds. The Bertz CT molecular complexity index is 743. The Hall–Kier alpha value is -1.33. The lowest BCUT2D eigenvalue weighted by Crippen LogP contribution is -2.51. The molecule has 182 valence electrons. The maximum absolute atomic E-state index is 4.94. The van der Waals surface area contributed by atoms with Crippen LogP contribution in [0.3, 0.4) is 0 Å². The molecule has 5 aliphatic rings. The number of anilines is 2. The number of pyridine rings is 1. The normalized spacial score (nSPS) is 28.2. The maximum atomic E-state index is 4.94. The molecule has 0 radical (unpaired) electrons. The summed E-state index contributed by atoms with van der Waals surface area (Å²) in [4.78, 5) is 15.6. The molecule has 0 atom stereocenters. The molecule has 5 nitrogen and oxygen atoms in total. The second-order valence-corrected chi connectivity index (χ2v) is 11.8. The highest BCUT2D eigenvalue weighted by Gasteiger charge is 2.39. The van der Waals surface area contributed by atoms with Crippen LogP contribution in [-0.4, -0.2) is 79.2 Å². The van der Waals surface area contributed by atoms with Gasteiger partial charge in [-0.15, -0.1) is 0 Å². The number of hydrogen-bond acceptors (Lipinski definition) is 5. The van der Waals surface area contributed by atoms with Crippen LogP contribution in [0.25, 0.3) is 0 Å². The summed E-state index contributed by atoms with van der Waals surface area (Å²) < 4.78 is 0. The first-order valence-electron chi connectivity index (χ1n) is 14.2. The van der Waals surface area contributed by atoms with Crippen molar-refractivity contribution in [2.24, 2.45) is 5.41 Å². The van der Waals surface area contributed by atoms with Gasteiger partial charge < -0.3 is 19.6 Å². The van der Waals surface area contributed by atoms with Crippen molar-refractivity contribution in [1.29, 1.82) is 0 Å². The first-order valence-corrected chi connectivity index (χ1v) is 14.2. The van der Waals surface area contributed by atoms with E-state index in [9.17, 15) is 0 Å². The van der Waals surface area contributed by atoms with Gasteiger partial charge in [0.05, 0.1) is 11.9 Å². The second-order valence-electron chi connectivity index (χ2n) is 11.8. The molecule has 4 saturated heterocycles. The number of likely N-dealkylation sites (tertiary alicyclic amines) is 2. The fraction of sp³-hybridized carbons (Fsp3) is 0.821. The van der Waals surface area contributed by atoms with Crippen LogP contribution < -0.4 is 9.80 Å². The summed E-state index contributed by atoms with van der Waals surface area (Å²) in [7, 11) is 0. The van der Waals surface area contributed by atoms with Crippen molar-refractivity contribution < 1.29 is 0 Å². The lowest BCUT2D eigenvalue weighted by Gasteiger charge is -2.50. The highest BCUT2D eigenvalue weighted by Crippen LogP contribution is 2.43. The van der Waals surface area contributed by atoms with E-state index in [0.29, 0.717) is 5.41 Å². The summed E-state index contributed by atoms with van der Waals surface area (Å²) in [6.45, 7) is 10.1. The SMILES string of the molecule is c1cc(N2CCC3(CC2)CCN(C2CCC2)CC3)ncc1N1CCC(N2CCCCC2)CC1. The van der Waals surface area contributed by atoms with Gasteiger partial charge in [-0.25, -0.2) is 4.98 Å². The van der Waals surface area contributed by atoms with Crippen LogP contribution >= 0.6 is 0 Å². The third kappa shape index (κ3) is 4.77. The fourth-order valence-corrected chi connectivity index (χ4v) is 7.35. The molecule has 0 bridgehead atoms. The van der Waals surface area contributed by atoms with Crippen LogP contribution in [0.1, 0.15) is 77.0 Å². The quantitative estimate of drug-likeness (QED) is 0.657. The van der Waals surface area contributed by atoms with Crippen LogP contribution in [0.5, 0.6) is 0 Å². The molecule has 1 aromatic heterocycles. The summed E-state index contributed by atoms with van der Waals surface area (Å²) in [6.07, 6.45) is 19.0. The van der Waals surface area contributed by atoms with E-state index in [1.54, 1.807) is 0 Å². The van der Waals surface area contributed by atoms with Gasteiger partial charge in [0.25, 0.3) is 0 Å². The average Bonchev–Trinajstić information content (AvgIpc) is 2.86. The monoisotopic (exact) mass is 451 g/mol. The van der Waals surface area contributed by atoms with Crippen molar-refractivity contribution in [2.45, 2.75) is 89.1 Å². The van der Waals surface area contributed by atoms with Gasteiger partial charge in [-0.2, -0.15) is 0 Å². The van der Waals surface area contributed by atoms with E-state index >= 15 is 0 Å². The molecule has 1 aromatic rings. The lowest BCUT2D eigenvalue weighted by atomic mass is 9.70. The molecule has 4 aliphatic heterocycles. The Morgan fingerprint density at radius 3 is 1.85 bits per heavy atom. The van der Waals surface area contributed by atoms with Crippen molar-refractivity contribution in [1.82, 2.24) is 14.8 Å². The van der Waals surface area contributed by atoms with Crippen LogP contribution in [0.4, 0.5) is 11.5 Å². The molecule has 33 heavy (non-hydrogen) atoms. The number of rotatable bonds is 4. The number of nitrogens with zero attached hydrogens (tertiary/aromatic N) is 5. The minimum Gasteiger partial charge on any atom is -0.370 e. The zero-order valence-corrected chi connectivity index (χ0v) is 20.8. The molecule has 5 heteroatoms. The van der Waals surface area contributed by atoms with Gasteiger partial charge in [-0.3, -0.25) is 0 Å². The minimum absolute atomic E-state index is 0.620. The average molecular weight is 452 g/mol. The number of piperidine rings is 4. The molecule has 6 rings (SSSR count).